The van der Waals surface area contributed by atoms with Crippen LogP contribution >= 0.6 is 0 Å². The van der Waals surface area contributed by atoms with Gasteiger partial charge in [-0.3, -0.25) is 29.4 Å². The number of rotatable bonds is 10. The molecule has 0 spiro atoms. The maximum Gasteiger partial charge on any atom is 0.262 e. The number of imide groups is 2. The first-order valence-corrected chi connectivity index (χ1v) is 9.65. The first kappa shape index (κ1) is 23.2. The number of hydrogen-bond donors (Lipinski definition) is 2. The third kappa shape index (κ3) is 5.10. The number of aldehydes is 1. The lowest BCUT2D eigenvalue weighted by atomic mass is 10.0. The molecule has 0 radical (unpaired) electrons. The van der Waals surface area contributed by atoms with E-state index in [1.807, 2.05) is 0 Å². The van der Waals surface area contributed by atoms with Gasteiger partial charge < -0.3 is 14.8 Å². The Balaban J connectivity index is 0.00000320. The van der Waals surface area contributed by atoms with Gasteiger partial charge in [-0.2, -0.15) is 0 Å². The highest BCUT2D eigenvalue weighted by Gasteiger charge is 2.44. The monoisotopic (exact) mass is 417 g/mol. The zero-order chi connectivity index (χ0) is 20.8. The molecule has 3 rings (SSSR count). The number of piperidine rings is 1. The van der Waals surface area contributed by atoms with Crippen LogP contribution in [-0.2, 0) is 14.4 Å². The molecule has 9 nitrogen and oxygen atoms in total. The molecule has 0 saturated carbocycles. The summed E-state index contributed by atoms with van der Waals surface area (Å²) in [4.78, 5) is 59.9. The molecule has 1 aromatic carbocycles. The van der Waals surface area contributed by atoms with Gasteiger partial charge in [-0.25, -0.2) is 0 Å². The molecular formula is C21H27N3O6. The fourth-order valence-corrected chi connectivity index (χ4v) is 3.42. The summed E-state index contributed by atoms with van der Waals surface area (Å²) < 4.78 is 5.68. The van der Waals surface area contributed by atoms with Gasteiger partial charge in [-0.1, -0.05) is 7.43 Å². The Kier molecular flexibility index (Phi) is 8.23. The lowest BCUT2D eigenvalue weighted by molar-refractivity contribution is -0.136. The van der Waals surface area contributed by atoms with E-state index in [0.29, 0.717) is 18.9 Å². The van der Waals surface area contributed by atoms with E-state index in [4.69, 9.17) is 4.74 Å². The maximum absolute atomic E-state index is 12.7. The lowest BCUT2D eigenvalue weighted by Gasteiger charge is -2.27. The Morgan fingerprint density at radius 1 is 1.10 bits per heavy atom. The average molecular weight is 417 g/mol. The van der Waals surface area contributed by atoms with Crippen LogP contribution in [0.25, 0.3) is 0 Å². The van der Waals surface area contributed by atoms with Gasteiger partial charge >= 0.3 is 0 Å². The minimum atomic E-state index is -0.975. The van der Waals surface area contributed by atoms with Crippen LogP contribution in [0.3, 0.4) is 0 Å². The van der Waals surface area contributed by atoms with Crippen molar-refractivity contribution in [3.05, 3.63) is 29.3 Å². The van der Waals surface area contributed by atoms with Crippen LogP contribution in [-0.4, -0.2) is 60.6 Å². The molecule has 1 fully saturated rings. The van der Waals surface area contributed by atoms with Gasteiger partial charge in [0, 0.05) is 6.42 Å². The van der Waals surface area contributed by atoms with Crippen LogP contribution in [0, 0.1) is 0 Å². The molecule has 162 valence electrons. The fourth-order valence-electron chi connectivity index (χ4n) is 3.42. The predicted octanol–water partition coefficient (Wildman–Crippen LogP) is 1.06. The molecule has 4 amide bonds. The average Bonchev–Trinajstić information content (AvgIpc) is 2.94. The number of hydrogen-bond acceptors (Lipinski definition) is 7. The second kappa shape index (κ2) is 10.6. The number of ether oxygens (including phenoxy) is 1. The van der Waals surface area contributed by atoms with Crippen LogP contribution < -0.4 is 15.4 Å². The Bertz CT molecular complexity index is 838. The van der Waals surface area contributed by atoms with Crippen LogP contribution in [0.1, 0.15) is 60.2 Å². The quantitative estimate of drug-likeness (QED) is 0.332. The Labute approximate surface area is 175 Å². The largest absolute Gasteiger partial charge is 0.494 e. The number of nitrogens with one attached hydrogen (secondary N) is 2. The molecule has 2 N–H and O–H groups in total. The van der Waals surface area contributed by atoms with Crippen molar-refractivity contribution < 1.29 is 28.7 Å². The van der Waals surface area contributed by atoms with E-state index in [-0.39, 0.29) is 31.4 Å². The van der Waals surface area contributed by atoms with Gasteiger partial charge in [0.25, 0.3) is 11.8 Å². The summed E-state index contributed by atoms with van der Waals surface area (Å²) in [7, 11) is 0. The number of amides is 4. The lowest BCUT2D eigenvalue weighted by Crippen LogP contribution is -2.54. The van der Waals surface area contributed by atoms with Crippen LogP contribution in [0.2, 0.25) is 0 Å². The minimum Gasteiger partial charge on any atom is -0.494 e. The van der Waals surface area contributed by atoms with Crippen molar-refractivity contribution in [3.8, 4) is 5.75 Å². The van der Waals surface area contributed by atoms with Gasteiger partial charge in [0.1, 0.15) is 18.1 Å². The summed E-state index contributed by atoms with van der Waals surface area (Å²) in [6, 6.07) is 3.70. The number of nitrogens with zero attached hydrogens (tertiary/aromatic N) is 1. The molecule has 2 aliphatic rings. The maximum atomic E-state index is 12.7. The van der Waals surface area contributed by atoms with E-state index in [9.17, 15) is 24.0 Å². The van der Waals surface area contributed by atoms with Gasteiger partial charge in [0.15, 0.2) is 0 Å². The van der Waals surface area contributed by atoms with E-state index in [1.165, 1.54) is 12.1 Å². The van der Waals surface area contributed by atoms with Gasteiger partial charge in [-0.15, -0.1) is 0 Å². The van der Waals surface area contributed by atoms with Crippen molar-refractivity contribution in [1.82, 2.24) is 15.5 Å². The number of carbonyl (C=O) groups excluding carboxylic acids is 5. The Morgan fingerprint density at radius 2 is 1.87 bits per heavy atom. The molecule has 1 aromatic rings. The summed E-state index contributed by atoms with van der Waals surface area (Å²) in [6.07, 6.45) is 3.70. The zero-order valence-corrected chi connectivity index (χ0v) is 15.9. The minimum absolute atomic E-state index is 0. The molecule has 1 unspecified atom stereocenters. The highest BCUT2D eigenvalue weighted by atomic mass is 16.5. The number of carbonyl (C=O) groups is 5. The molecule has 30 heavy (non-hydrogen) atoms. The van der Waals surface area contributed by atoms with Crippen molar-refractivity contribution in [2.24, 2.45) is 0 Å². The van der Waals surface area contributed by atoms with Crippen molar-refractivity contribution in [1.29, 1.82) is 0 Å². The van der Waals surface area contributed by atoms with E-state index < -0.39 is 29.7 Å². The van der Waals surface area contributed by atoms with Crippen LogP contribution in [0.5, 0.6) is 5.75 Å². The Hall–Kier alpha value is -3.07. The Morgan fingerprint density at radius 3 is 2.60 bits per heavy atom. The molecule has 0 bridgehead atoms. The summed E-state index contributed by atoms with van der Waals surface area (Å²) in [5.41, 5.74) is 0.434. The molecule has 0 aromatic heterocycles. The first-order valence-electron chi connectivity index (χ1n) is 9.65. The number of fused-ring (bicyclic) bond motifs is 1. The van der Waals surface area contributed by atoms with Gasteiger partial charge in [0.05, 0.1) is 24.3 Å². The molecule has 1 atom stereocenters. The highest BCUT2D eigenvalue weighted by Crippen LogP contribution is 2.30. The molecule has 9 heteroatoms. The van der Waals surface area contributed by atoms with E-state index in [1.54, 1.807) is 6.07 Å². The van der Waals surface area contributed by atoms with Crippen LogP contribution in [0.4, 0.5) is 0 Å². The second-order valence-corrected chi connectivity index (χ2v) is 6.93. The second-order valence-electron chi connectivity index (χ2n) is 6.93. The van der Waals surface area contributed by atoms with E-state index in [2.05, 4.69) is 10.6 Å². The van der Waals surface area contributed by atoms with Crippen molar-refractivity contribution in [3.63, 3.8) is 0 Å². The highest BCUT2D eigenvalue weighted by molar-refractivity contribution is 6.23. The third-order valence-corrected chi connectivity index (χ3v) is 4.91. The smallest absolute Gasteiger partial charge is 0.262 e. The zero-order valence-electron chi connectivity index (χ0n) is 15.9. The van der Waals surface area contributed by atoms with E-state index in [0.717, 1.165) is 37.0 Å². The van der Waals surface area contributed by atoms with Gasteiger partial charge in [0.2, 0.25) is 11.8 Å². The SMILES string of the molecule is C.O=CCNCCCCCOc1ccc2c(c1)C(=O)N(C1CCC(=O)NC1=O)C2=O. The van der Waals surface area contributed by atoms with E-state index >= 15 is 0 Å². The molecule has 2 aliphatic heterocycles. The fraction of sp³-hybridized carbons (Fsp3) is 0.476. The summed E-state index contributed by atoms with van der Waals surface area (Å²) in [5.74, 6) is -1.64. The first-order chi connectivity index (χ1) is 14.0. The molecule has 2 heterocycles. The molecule has 1 saturated heterocycles. The van der Waals surface area contributed by atoms with Crippen molar-refractivity contribution >= 4 is 29.9 Å². The number of unbranched alkanes of at least 4 members (excludes halogenated alkanes) is 2. The standard InChI is InChI=1S/C20H23N3O6.CH4/c24-10-9-21-8-2-1-3-11-29-13-4-5-14-15(12-13)20(28)23(19(14)27)16-6-7-17(25)22-18(16)26;/h4-5,10,12,16,21H,1-3,6-9,11H2,(H,22,25,26);1H4. The van der Waals surface area contributed by atoms with Crippen LogP contribution in [0.15, 0.2) is 18.2 Å². The van der Waals surface area contributed by atoms with Crippen molar-refractivity contribution in [2.75, 3.05) is 19.7 Å². The normalized spacial score (nSPS) is 18.0. The van der Waals surface area contributed by atoms with Gasteiger partial charge in [-0.05, 0) is 50.4 Å². The summed E-state index contributed by atoms with van der Waals surface area (Å²) in [5, 5.41) is 5.16. The molecule has 0 aliphatic carbocycles. The number of benzene rings is 1. The summed E-state index contributed by atoms with van der Waals surface area (Å²) in [6.45, 7) is 1.59. The summed E-state index contributed by atoms with van der Waals surface area (Å²) >= 11 is 0. The third-order valence-electron chi connectivity index (χ3n) is 4.91. The van der Waals surface area contributed by atoms with Crippen molar-refractivity contribution in [2.45, 2.75) is 45.6 Å². The predicted molar refractivity (Wildman–Crippen MR) is 108 cm³/mol. The molecular weight excluding hydrogens is 390 g/mol. The topological polar surface area (TPSA) is 122 Å².